The Balaban J connectivity index is 2.28. The third-order valence-corrected chi connectivity index (χ3v) is 4.85. The number of morpholine rings is 1. The van der Waals surface area contributed by atoms with Crippen LogP contribution in [-0.4, -0.2) is 38.0 Å². The summed E-state index contributed by atoms with van der Waals surface area (Å²) in [5, 5.41) is 8.72. The van der Waals surface area contributed by atoms with Gasteiger partial charge in [-0.2, -0.15) is 9.57 Å². The predicted molar refractivity (Wildman–Crippen MR) is 69.9 cm³/mol. The van der Waals surface area contributed by atoms with Crippen LogP contribution in [0.15, 0.2) is 29.2 Å². The Bertz CT molecular complexity index is 579. The third-order valence-electron chi connectivity index (χ3n) is 3.01. The molecule has 6 heteroatoms. The molecular weight excluding hydrogens is 264 g/mol. The Morgan fingerprint density at radius 1 is 1.21 bits per heavy atom. The topological polar surface area (TPSA) is 70.4 Å². The molecule has 1 aromatic rings. The fourth-order valence-corrected chi connectivity index (χ4v) is 3.77. The Hall–Kier alpha value is -1.42. The highest BCUT2D eigenvalue weighted by molar-refractivity contribution is 7.89. The molecule has 0 aromatic heterocycles. The van der Waals surface area contributed by atoms with Gasteiger partial charge >= 0.3 is 0 Å². The second kappa shape index (κ2) is 5.29. The van der Waals surface area contributed by atoms with Crippen LogP contribution < -0.4 is 0 Å². The van der Waals surface area contributed by atoms with Crippen LogP contribution in [-0.2, 0) is 14.8 Å². The first-order valence-corrected chi connectivity index (χ1v) is 7.53. The predicted octanol–water partition coefficient (Wildman–Crippen LogP) is 1.36. The first-order valence-electron chi connectivity index (χ1n) is 6.09. The molecule has 1 aliphatic heterocycles. The monoisotopic (exact) mass is 280 g/mol. The van der Waals surface area contributed by atoms with Crippen LogP contribution >= 0.6 is 0 Å². The highest BCUT2D eigenvalue weighted by Crippen LogP contribution is 2.21. The number of hydrogen-bond acceptors (Lipinski definition) is 4. The van der Waals surface area contributed by atoms with E-state index in [9.17, 15) is 8.42 Å². The maximum Gasteiger partial charge on any atom is 0.243 e. The Labute approximate surface area is 113 Å². The van der Waals surface area contributed by atoms with E-state index in [1.807, 2.05) is 19.9 Å². The van der Waals surface area contributed by atoms with Gasteiger partial charge in [0.1, 0.15) is 0 Å². The van der Waals surface area contributed by atoms with E-state index < -0.39 is 10.0 Å². The molecule has 2 atom stereocenters. The molecule has 0 N–H and O–H groups in total. The van der Waals surface area contributed by atoms with E-state index in [0.717, 1.165) is 0 Å². The van der Waals surface area contributed by atoms with E-state index in [1.54, 1.807) is 0 Å². The Morgan fingerprint density at radius 3 is 2.21 bits per heavy atom. The summed E-state index contributed by atoms with van der Waals surface area (Å²) in [5.41, 5.74) is 0.447. The van der Waals surface area contributed by atoms with Crippen LogP contribution in [0.2, 0.25) is 0 Å². The van der Waals surface area contributed by atoms with Crippen molar-refractivity contribution in [1.29, 1.82) is 5.26 Å². The minimum Gasteiger partial charge on any atom is -0.373 e. The van der Waals surface area contributed by atoms with Crippen molar-refractivity contribution in [2.45, 2.75) is 31.0 Å². The van der Waals surface area contributed by atoms with E-state index >= 15 is 0 Å². The highest BCUT2D eigenvalue weighted by Gasteiger charge is 2.31. The second-order valence-corrected chi connectivity index (χ2v) is 6.65. The molecule has 2 rings (SSSR count). The van der Waals surface area contributed by atoms with Crippen molar-refractivity contribution in [1.82, 2.24) is 4.31 Å². The lowest BCUT2D eigenvalue weighted by atomic mass is 10.2. The summed E-state index contributed by atoms with van der Waals surface area (Å²) in [7, 11) is -3.51. The molecule has 1 heterocycles. The summed E-state index contributed by atoms with van der Waals surface area (Å²) in [6.45, 7) is 4.42. The van der Waals surface area contributed by atoms with Gasteiger partial charge < -0.3 is 4.74 Å². The van der Waals surface area contributed by atoms with Crippen LogP contribution in [0.1, 0.15) is 19.4 Å². The van der Waals surface area contributed by atoms with Crippen molar-refractivity contribution in [2.24, 2.45) is 0 Å². The van der Waals surface area contributed by atoms with Crippen LogP contribution in [0, 0.1) is 11.3 Å². The number of hydrogen-bond donors (Lipinski definition) is 0. The maximum atomic E-state index is 12.5. The van der Waals surface area contributed by atoms with E-state index in [4.69, 9.17) is 10.00 Å². The lowest BCUT2D eigenvalue weighted by Gasteiger charge is -2.34. The van der Waals surface area contributed by atoms with Gasteiger partial charge in [-0.1, -0.05) is 0 Å². The fourth-order valence-electron chi connectivity index (χ4n) is 2.18. The first-order chi connectivity index (χ1) is 8.93. The van der Waals surface area contributed by atoms with Gasteiger partial charge in [-0.05, 0) is 38.1 Å². The van der Waals surface area contributed by atoms with Crippen molar-refractivity contribution in [3.8, 4) is 6.07 Å². The molecule has 1 fully saturated rings. The molecule has 0 aliphatic carbocycles. The molecule has 2 unspecified atom stereocenters. The van der Waals surface area contributed by atoms with E-state index in [-0.39, 0.29) is 17.1 Å². The van der Waals surface area contributed by atoms with Crippen LogP contribution in [0.4, 0.5) is 0 Å². The number of ether oxygens (including phenoxy) is 1. The van der Waals surface area contributed by atoms with Crippen molar-refractivity contribution in [3.63, 3.8) is 0 Å². The SMILES string of the molecule is CC1CN(S(=O)(=O)c2ccc(C#N)cc2)CC(C)O1. The van der Waals surface area contributed by atoms with Gasteiger partial charge in [0.25, 0.3) is 0 Å². The van der Waals surface area contributed by atoms with Crippen molar-refractivity contribution < 1.29 is 13.2 Å². The Kier molecular flexibility index (Phi) is 3.90. The highest BCUT2D eigenvalue weighted by atomic mass is 32.2. The summed E-state index contributed by atoms with van der Waals surface area (Å²) in [4.78, 5) is 0.216. The lowest BCUT2D eigenvalue weighted by Crippen LogP contribution is -2.48. The molecule has 102 valence electrons. The van der Waals surface area contributed by atoms with Gasteiger partial charge in [0.15, 0.2) is 0 Å². The number of nitrogens with zero attached hydrogens (tertiary/aromatic N) is 2. The summed E-state index contributed by atoms with van der Waals surface area (Å²) >= 11 is 0. The van der Waals surface area contributed by atoms with Gasteiger partial charge in [0, 0.05) is 13.1 Å². The number of nitriles is 1. The van der Waals surface area contributed by atoms with E-state index in [2.05, 4.69) is 0 Å². The quantitative estimate of drug-likeness (QED) is 0.820. The molecule has 0 radical (unpaired) electrons. The first kappa shape index (κ1) is 14.0. The van der Waals surface area contributed by atoms with Gasteiger partial charge in [0.05, 0.1) is 28.7 Å². The molecule has 19 heavy (non-hydrogen) atoms. The second-order valence-electron chi connectivity index (χ2n) is 4.72. The molecule has 0 bridgehead atoms. The molecule has 0 saturated carbocycles. The fraction of sp³-hybridized carbons (Fsp3) is 0.462. The van der Waals surface area contributed by atoms with E-state index in [1.165, 1.54) is 28.6 Å². The average Bonchev–Trinajstić information content (AvgIpc) is 2.37. The van der Waals surface area contributed by atoms with Crippen molar-refractivity contribution in [2.75, 3.05) is 13.1 Å². The van der Waals surface area contributed by atoms with Crippen LogP contribution in [0.5, 0.6) is 0 Å². The lowest BCUT2D eigenvalue weighted by molar-refractivity contribution is -0.0440. The Morgan fingerprint density at radius 2 is 1.74 bits per heavy atom. The molecule has 1 aromatic carbocycles. The smallest absolute Gasteiger partial charge is 0.243 e. The zero-order valence-corrected chi connectivity index (χ0v) is 11.7. The van der Waals surface area contributed by atoms with Crippen molar-refractivity contribution in [3.05, 3.63) is 29.8 Å². The summed E-state index contributed by atoms with van der Waals surface area (Å²) in [5.74, 6) is 0. The number of rotatable bonds is 2. The zero-order chi connectivity index (χ0) is 14.0. The molecule has 1 saturated heterocycles. The van der Waals surface area contributed by atoms with Gasteiger partial charge in [-0.15, -0.1) is 0 Å². The largest absolute Gasteiger partial charge is 0.373 e. The van der Waals surface area contributed by atoms with E-state index in [0.29, 0.717) is 18.7 Å². The van der Waals surface area contributed by atoms with Crippen molar-refractivity contribution >= 4 is 10.0 Å². The number of benzene rings is 1. The molecule has 0 amide bonds. The van der Waals surface area contributed by atoms with Gasteiger partial charge in [0.2, 0.25) is 10.0 Å². The standard InChI is InChI=1S/C13H16N2O3S/c1-10-8-15(9-11(2)18-10)19(16,17)13-5-3-12(7-14)4-6-13/h3-6,10-11H,8-9H2,1-2H3. The van der Waals surface area contributed by atoms with Crippen LogP contribution in [0.25, 0.3) is 0 Å². The van der Waals surface area contributed by atoms with Gasteiger partial charge in [-0.25, -0.2) is 8.42 Å². The normalized spacial score (nSPS) is 24.9. The third kappa shape index (κ3) is 2.95. The zero-order valence-electron chi connectivity index (χ0n) is 10.9. The molecule has 0 spiro atoms. The number of sulfonamides is 1. The maximum absolute atomic E-state index is 12.5. The summed E-state index contributed by atoms with van der Waals surface area (Å²) in [6, 6.07) is 7.94. The minimum atomic E-state index is -3.51. The molecular formula is C13H16N2O3S. The average molecular weight is 280 g/mol. The molecule has 5 nitrogen and oxygen atoms in total. The van der Waals surface area contributed by atoms with Crippen LogP contribution in [0.3, 0.4) is 0 Å². The minimum absolute atomic E-state index is 0.114. The molecule has 1 aliphatic rings. The van der Waals surface area contributed by atoms with Gasteiger partial charge in [-0.3, -0.25) is 0 Å². The summed E-state index contributed by atoms with van der Waals surface area (Å²) < 4.78 is 31.9. The summed E-state index contributed by atoms with van der Waals surface area (Å²) in [6.07, 6.45) is -0.228.